The molecule has 0 aliphatic carbocycles. The molecular formula is C20H24N2O2. The molecule has 0 saturated carbocycles. The molecule has 2 amide bonds. The van der Waals surface area contributed by atoms with Gasteiger partial charge >= 0.3 is 0 Å². The number of amides is 2. The van der Waals surface area contributed by atoms with Crippen LogP contribution in [0.1, 0.15) is 47.8 Å². The number of hydrogen-bond acceptors (Lipinski definition) is 2. The Hall–Kier alpha value is -2.62. The third kappa shape index (κ3) is 4.95. The zero-order valence-corrected chi connectivity index (χ0v) is 14.6. The average Bonchev–Trinajstić information content (AvgIpc) is 2.54. The molecule has 24 heavy (non-hydrogen) atoms. The first kappa shape index (κ1) is 17.7. The molecular weight excluding hydrogens is 300 g/mol. The third-order valence-electron chi connectivity index (χ3n) is 3.81. The zero-order chi connectivity index (χ0) is 17.7. The number of benzene rings is 2. The molecule has 0 aliphatic rings. The molecule has 0 unspecified atom stereocenters. The first-order valence-electron chi connectivity index (χ1n) is 8.01. The highest BCUT2D eigenvalue weighted by atomic mass is 16.2. The Morgan fingerprint density at radius 3 is 2.00 bits per heavy atom. The summed E-state index contributed by atoms with van der Waals surface area (Å²) in [6.07, 6.45) is 0.226. The molecule has 2 aromatic carbocycles. The van der Waals surface area contributed by atoms with E-state index in [-0.39, 0.29) is 23.7 Å². The van der Waals surface area contributed by atoms with Gasteiger partial charge in [0.1, 0.15) is 0 Å². The van der Waals surface area contributed by atoms with E-state index in [1.165, 1.54) is 0 Å². The van der Waals surface area contributed by atoms with Crippen LogP contribution < -0.4 is 10.9 Å². The first-order valence-corrected chi connectivity index (χ1v) is 8.01. The van der Waals surface area contributed by atoms with E-state index in [1.54, 1.807) is 12.1 Å². The second-order valence-corrected chi connectivity index (χ2v) is 6.99. The van der Waals surface area contributed by atoms with Crippen molar-refractivity contribution in [1.29, 1.82) is 0 Å². The van der Waals surface area contributed by atoms with Gasteiger partial charge in [-0.1, -0.05) is 62.7 Å². The third-order valence-corrected chi connectivity index (χ3v) is 3.81. The van der Waals surface area contributed by atoms with Gasteiger partial charge < -0.3 is 0 Å². The smallest absolute Gasteiger partial charge is 0.269 e. The van der Waals surface area contributed by atoms with Gasteiger partial charge in [0.15, 0.2) is 0 Å². The lowest BCUT2D eigenvalue weighted by molar-refractivity contribution is -0.121. The van der Waals surface area contributed by atoms with Crippen molar-refractivity contribution in [2.24, 2.45) is 0 Å². The van der Waals surface area contributed by atoms with E-state index in [1.807, 2.05) is 43.3 Å². The summed E-state index contributed by atoms with van der Waals surface area (Å²) < 4.78 is 0. The van der Waals surface area contributed by atoms with E-state index in [0.29, 0.717) is 5.56 Å². The van der Waals surface area contributed by atoms with E-state index in [2.05, 4.69) is 31.6 Å². The summed E-state index contributed by atoms with van der Waals surface area (Å²) in [7, 11) is 0. The van der Waals surface area contributed by atoms with E-state index < -0.39 is 0 Å². The van der Waals surface area contributed by atoms with Gasteiger partial charge in [0.05, 0.1) is 6.42 Å². The summed E-state index contributed by atoms with van der Waals surface area (Å²) in [5.41, 5.74) is 8.66. The Morgan fingerprint density at radius 1 is 0.875 bits per heavy atom. The summed E-state index contributed by atoms with van der Waals surface area (Å²) in [5.74, 6) is -0.578. The van der Waals surface area contributed by atoms with Crippen molar-refractivity contribution < 1.29 is 9.59 Å². The maximum Gasteiger partial charge on any atom is 0.269 e. The Kier molecular flexibility index (Phi) is 5.39. The number of aryl methyl sites for hydroxylation is 1. The fourth-order valence-electron chi connectivity index (χ4n) is 2.26. The number of rotatable bonds is 3. The molecule has 4 heteroatoms. The molecule has 0 saturated heterocycles. The van der Waals surface area contributed by atoms with Gasteiger partial charge in [-0.15, -0.1) is 0 Å². The predicted molar refractivity (Wildman–Crippen MR) is 95.6 cm³/mol. The van der Waals surface area contributed by atoms with Gasteiger partial charge in [-0.2, -0.15) is 0 Å². The maximum atomic E-state index is 12.1. The molecule has 4 nitrogen and oxygen atoms in total. The van der Waals surface area contributed by atoms with Crippen LogP contribution >= 0.6 is 0 Å². The zero-order valence-electron chi connectivity index (χ0n) is 14.6. The molecule has 0 aliphatic heterocycles. The number of hydrazine groups is 1. The van der Waals surface area contributed by atoms with Gasteiger partial charge in [-0.3, -0.25) is 20.4 Å². The van der Waals surface area contributed by atoms with E-state index in [0.717, 1.165) is 16.7 Å². The van der Waals surface area contributed by atoms with Crippen LogP contribution in [-0.2, 0) is 16.6 Å². The minimum Gasteiger partial charge on any atom is -0.273 e. The molecule has 2 N–H and O–H groups in total. The molecule has 0 heterocycles. The molecule has 2 rings (SSSR count). The monoisotopic (exact) mass is 324 g/mol. The molecule has 0 fully saturated rings. The Morgan fingerprint density at radius 2 is 1.46 bits per heavy atom. The summed E-state index contributed by atoms with van der Waals surface area (Å²) in [6.45, 7) is 8.35. The largest absolute Gasteiger partial charge is 0.273 e. The molecule has 2 aromatic rings. The number of carbonyl (C=O) groups excluding carboxylic acids is 2. The highest BCUT2D eigenvalue weighted by Gasteiger charge is 2.14. The van der Waals surface area contributed by atoms with Crippen LogP contribution in [0.5, 0.6) is 0 Å². The minimum atomic E-state index is -0.326. The van der Waals surface area contributed by atoms with Crippen molar-refractivity contribution in [3.05, 3.63) is 70.8 Å². The fraction of sp³-hybridized carbons (Fsp3) is 0.300. The van der Waals surface area contributed by atoms with Crippen molar-refractivity contribution in [2.75, 3.05) is 0 Å². The van der Waals surface area contributed by atoms with Gasteiger partial charge in [-0.05, 0) is 35.6 Å². The quantitative estimate of drug-likeness (QED) is 0.851. The molecule has 0 spiro atoms. The molecule has 126 valence electrons. The van der Waals surface area contributed by atoms with Crippen molar-refractivity contribution >= 4 is 11.8 Å². The molecule has 0 atom stereocenters. The topological polar surface area (TPSA) is 58.2 Å². The lowest BCUT2D eigenvalue weighted by Crippen LogP contribution is -2.42. The molecule has 0 radical (unpaired) electrons. The summed E-state index contributed by atoms with van der Waals surface area (Å²) in [6, 6.07) is 15.1. The fourth-order valence-corrected chi connectivity index (χ4v) is 2.26. The van der Waals surface area contributed by atoms with E-state index in [4.69, 9.17) is 0 Å². The maximum absolute atomic E-state index is 12.1. The van der Waals surface area contributed by atoms with Crippen LogP contribution in [0.2, 0.25) is 0 Å². The van der Waals surface area contributed by atoms with Crippen LogP contribution in [-0.4, -0.2) is 11.8 Å². The lowest BCUT2D eigenvalue weighted by Gasteiger charge is -2.19. The number of nitrogens with one attached hydrogen (secondary N) is 2. The van der Waals surface area contributed by atoms with Crippen LogP contribution in [0.3, 0.4) is 0 Å². The standard InChI is InChI=1S/C20H24N2O2/c1-14-5-7-15(8-6-14)13-18(23)21-22-19(24)16-9-11-17(12-10-16)20(2,3)4/h5-12H,13H2,1-4H3,(H,21,23)(H,22,24). The van der Waals surface area contributed by atoms with Crippen molar-refractivity contribution in [1.82, 2.24) is 10.9 Å². The number of carbonyl (C=O) groups is 2. The molecule has 0 aromatic heterocycles. The van der Waals surface area contributed by atoms with Gasteiger partial charge in [-0.25, -0.2) is 0 Å². The predicted octanol–water partition coefficient (Wildman–Crippen LogP) is 3.30. The second-order valence-electron chi connectivity index (χ2n) is 6.99. The van der Waals surface area contributed by atoms with Crippen LogP contribution in [0, 0.1) is 6.92 Å². The SMILES string of the molecule is Cc1ccc(CC(=O)NNC(=O)c2ccc(C(C)(C)C)cc2)cc1. The second kappa shape index (κ2) is 7.30. The molecule has 0 bridgehead atoms. The average molecular weight is 324 g/mol. The van der Waals surface area contributed by atoms with E-state index >= 15 is 0 Å². The normalized spacial score (nSPS) is 11.0. The highest BCUT2D eigenvalue weighted by Crippen LogP contribution is 2.22. The summed E-state index contributed by atoms with van der Waals surface area (Å²) >= 11 is 0. The first-order chi connectivity index (χ1) is 11.3. The van der Waals surface area contributed by atoms with Crippen LogP contribution in [0.15, 0.2) is 48.5 Å². The Balaban J connectivity index is 1.88. The van der Waals surface area contributed by atoms with Gasteiger partial charge in [0, 0.05) is 5.56 Å². The summed E-state index contributed by atoms with van der Waals surface area (Å²) in [4.78, 5) is 24.0. The van der Waals surface area contributed by atoms with E-state index in [9.17, 15) is 9.59 Å². The summed E-state index contributed by atoms with van der Waals surface area (Å²) in [5, 5.41) is 0. The number of hydrogen-bond donors (Lipinski definition) is 2. The van der Waals surface area contributed by atoms with Crippen molar-refractivity contribution in [3.63, 3.8) is 0 Å². The van der Waals surface area contributed by atoms with Gasteiger partial charge in [0.2, 0.25) is 5.91 Å². The van der Waals surface area contributed by atoms with Gasteiger partial charge in [0.25, 0.3) is 5.91 Å². The minimum absolute atomic E-state index is 0.0389. The van der Waals surface area contributed by atoms with Crippen LogP contribution in [0.25, 0.3) is 0 Å². The lowest BCUT2D eigenvalue weighted by atomic mass is 9.87. The van der Waals surface area contributed by atoms with Crippen molar-refractivity contribution in [3.8, 4) is 0 Å². The highest BCUT2D eigenvalue weighted by molar-refractivity contribution is 5.95. The Labute approximate surface area is 143 Å². The van der Waals surface area contributed by atoms with Crippen molar-refractivity contribution in [2.45, 2.75) is 39.5 Å². The van der Waals surface area contributed by atoms with Crippen LogP contribution in [0.4, 0.5) is 0 Å². The Bertz CT molecular complexity index is 711.